The van der Waals surface area contributed by atoms with Crippen molar-refractivity contribution in [3.05, 3.63) is 95.0 Å². The van der Waals surface area contributed by atoms with E-state index in [1.807, 2.05) is 12.1 Å². The van der Waals surface area contributed by atoms with Crippen LogP contribution in [0, 0.1) is 23.7 Å². The number of hydrogen-bond acceptors (Lipinski definition) is 6. The molecule has 0 unspecified atom stereocenters. The van der Waals surface area contributed by atoms with Crippen molar-refractivity contribution in [2.24, 2.45) is 23.7 Å². The second-order valence-electron chi connectivity index (χ2n) is 11.4. The number of nitrogens with zero attached hydrogens (tertiary/aromatic N) is 2. The summed E-state index contributed by atoms with van der Waals surface area (Å²) < 4.78 is 5.64. The van der Waals surface area contributed by atoms with Crippen LogP contribution in [0.1, 0.15) is 46.9 Å². The summed E-state index contributed by atoms with van der Waals surface area (Å²) in [6.45, 7) is 1.53. The average molecular weight is 579 g/mol. The molecule has 0 spiro atoms. The summed E-state index contributed by atoms with van der Waals surface area (Å²) in [7, 11) is 0. The Morgan fingerprint density at radius 2 is 1.62 bits per heavy atom. The van der Waals surface area contributed by atoms with E-state index in [1.165, 1.54) is 17.9 Å². The minimum Gasteiger partial charge on any atom is -0.451 e. The number of Topliss-reactive ketones (excluding diaryl/α,β-unsaturated/α-hetero) is 1. The second kappa shape index (κ2) is 10.2. The molecule has 2 bridgehead atoms. The molecular formula is C34H27ClN2O5. The number of halogens is 1. The van der Waals surface area contributed by atoms with Crippen LogP contribution in [0.3, 0.4) is 0 Å². The number of pyridine rings is 1. The van der Waals surface area contributed by atoms with E-state index < -0.39 is 12.1 Å². The lowest BCUT2D eigenvalue weighted by atomic mass is 9.81. The lowest BCUT2D eigenvalue weighted by molar-refractivity contribution is -0.123. The molecule has 2 amide bonds. The highest BCUT2D eigenvalue weighted by atomic mass is 35.5. The van der Waals surface area contributed by atoms with Crippen LogP contribution in [0.4, 0.5) is 5.69 Å². The number of anilines is 1. The van der Waals surface area contributed by atoms with E-state index in [-0.39, 0.29) is 35.0 Å². The van der Waals surface area contributed by atoms with E-state index in [2.05, 4.69) is 0 Å². The van der Waals surface area contributed by atoms with E-state index in [0.29, 0.717) is 50.3 Å². The summed E-state index contributed by atoms with van der Waals surface area (Å²) >= 11 is 6.04. The fourth-order valence-corrected chi connectivity index (χ4v) is 7.30. The number of amides is 2. The molecule has 3 aliphatic rings. The molecule has 8 heteroatoms. The number of ketones is 1. The number of para-hydroxylation sites is 1. The van der Waals surface area contributed by atoms with Gasteiger partial charge >= 0.3 is 5.97 Å². The molecular weight excluding hydrogens is 552 g/mol. The standard InChI is InChI=1S/C34H27ClN2O5/c1-18(31(38)22-7-4-8-23(35)15-22)42-34(41)26-17-28(36-27-11-3-2-10-25(26)27)19-6-5-9-24(16-19)37-32(39)29-20-12-13-21(14-20)30(29)33(37)40/h2-11,15-18,20-21,29-30H,12-14H2,1H3/t18-,20-,21-,29+,30+/m1/s1. The molecule has 1 aromatic heterocycles. The van der Waals surface area contributed by atoms with Gasteiger partial charge in [-0.05, 0) is 74.4 Å². The molecule has 210 valence electrons. The van der Waals surface area contributed by atoms with Gasteiger partial charge in [0, 0.05) is 21.5 Å². The highest BCUT2D eigenvalue weighted by molar-refractivity contribution is 6.31. The van der Waals surface area contributed by atoms with E-state index in [1.54, 1.807) is 60.7 Å². The molecule has 2 aliphatic carbocycles. The van der Waals surface area contributed by atoms with Crippen LogP contribution < -0.4 is 4.90 Å². The summed E-state index contributed by atoms with van der Waals surface area (Å²) in [5.41, 5.74) is 2.82. The largest absolute Gasteiger partial charge is 0.451 e. The van der Waals surface area contributed by atoms with Gasteiger partial charge in [-0.1, -0.05) is 54.1 Å². The monoisotopic (exact) mass is 578 g/mol. The van der Waals surface area contributed by atoms with E-state index in [9.17, 15) is 19.2 Å². The van der Waals surface area contributed by atoms with Gasteiger partial charge in [0.15, 0.2) is 6.10 Å². The predicted octanol–water partition coefficient (Wildman–Crippen LogP) is 6.52. The van der Waals surface area contributed by atoms with Crippen LogP contribution >= 0.6 is 11.6 Å². The van der Waals surface area contributed by atoms with E-state index >= 15 is 0 Å². The Hall–Kier alpha value is -4.36. The van der Waals surface area contributed by atoms with Crippen LogP contribution in [-0.4, -0.2) is 34.7 Å². The molecule has 2 heterocycles. The Kier molecular flexibility index (Phi) is 6.43. The smallest absolute Gasteiger partial charge is 0.339 e. The van der Waals surface area contributed by atoms with Crippen LogP contribution in [0.15, 0.2) is 78.9 Å². The van der Waals surface area contributed by atoms with Crippen LogP contribution in [0.5, 0.6) is 0 Å². The molecule has 5 atom stereocenters. The van der Waals surface area contributed by atoms with Crippen molar-refractivity contribution in [3.8, 4) is 11.3 Å². The van der Waals surface area contributed by atoms with Crippen molar-refractivity contribution in [1.82, 2.24) is 4.98 Å². The fraction of sp³-hybridized carbons (Fsp3) is 0.265. The van der Waals surface area contributed by atoms with Crippen LogP contribution in [0.2, 0.25) is 5.02 Å². The Bertz CT molecular complexity index is 1770. The van der Waals surface area contributed by atoms with Crippen molar-refractivity contribution >= 4 is 51.8 Å². The number of carbonyl (C=O) groups is 4. The van der Waals surface area contributed by atoms with Gasteiger partial charge < -0.3 is 4.74 Å². The highest BCUT2D eigenvalue weighted by Crippen LogP contribution is 2.56. The number of aromatic nitrogens is 1. The summed E-state index contributed by atoms with van der Waals surface area (Å²) in [4.78, 5) is 59.4. The topological polar surface area (TPSA) is 93.6 Å². The zero-order valence-electron chi connectivity index (χ0n) is 22.8. The van der Waals surface area contributed by atoms with Crippen LogP contribution in [-0.2, 0) is 14.3 Å². The average Bonchev–Trinajstić information content (AvgIpc) is 3.69. The number of fused-ring (bicyclic) bond motifs is 6. The maximum atomic E-state index is 13.5. The SMILES string of the molecule is C[C@@H](OC(=O)c1cc(-c2cccc(N3C(=O)[C@H]4[C@@H]5CC[C@H](C5)[C@@H]4C3=O)c2)nc2ccccc12)C(=O)c1cccc(Cl)c1. The molecule has 0 N–H and O–H groups in total. The maximum absolute atomic E-state index is 13.5. The molecule has 1 aliphatic heterocycles. The first-order valence-electron chi connectivity index (χ1n) is 14.2. The van der Waals surface area contributed by atoms with Crippen molar-refractivity contribution < 1.29 is 23.9 Å². The highest BCUT2D eigenvalue weighted by Gasteiger charge is 2.61. The fourth-order valence-electron chi connectivity index (χ4n) is 7.11. The van der Waals surface area contributed by atoms with Gasteiger partial charge in [0.05, 0.1) is 34.3 Å². The quantitative estimate of drug-likeness (QED) is 0.147. The molecule has 3 aromatic carbocycles. The molecule has 7 rings (SSSR count). The molecule has 2 saturated carbocycles. The van der Waals surface area contributed by atoms with Gasteiger partial charge in [0.25, 0.3) is 0 Å². The Morgan fingerprint density at radius 1 is 0.905 bits per heavy atom. The zero-order valence-corrected chi connectivity index (χ0v) is 23.6. The van der Waals surface area contributed by atoms with Gasteiger partial charge in [0.2, 0.25) is 17.6 Å². The van der Waals surface area contributed by atoms with Gasteiger partial charge in [-0.25, -0.2) is 9.78 Å². The van der Waals surface area contributed by atoms with Crippen molar-refractivity contribution in [1.29, 1.82) is 0 Å². The predicted molar refractivity (Wildman–Crippen MR) is 158 cm³/mol. The molecule has 42 heavy (non-hydrogen) atoms. The maximum Gasteiger partial charge on any atom is 0.339 e. The number of rotatable bonds is 6. The zero-order chi connectivity index (χ0) is 29.1. The lowest BCUT2D eigenvalue weighted by Crippen LogP contribution is -2.32. The number of ether oxygens (including phenoxy) is 1. The normalized spacial score (nSPS) is 23.3. The first kappa shape index (κ1) is 26.5. The molecule has 0 radical (unpaired) electrons. The minimum atomic E-state index is -1.04. The minimum absolute atomic E-state index is 0.108. The second-order valence-corrected chi connectivity index (χ2v) is 11.9. The van der Waals surface area contributed by atoms with Gasteiger partial charge in [-0.3, -0.25) is 19.3 Å². The number of benzene rings is 3. The van der Waals surface area contributed by atoms with Crippen molar-refractivity contribution in [2.45, 2.75) is 32.3 Å². The van der Waals surface area contributed by atoms with E-state index in [0.717, 1.165) is 19.3 Å². The van der Waals surface area contributed by atoms with E-state index in [4.69, 9.17) is 21.3 Å². The molecule has 4 aromatic rings. The first-order chi connectivity index (χ1) is 20.3. The lowest BCUT2D eigenvalue weighted by Gasteiger charge is -2.19. The summed E-state index contributed by atoms with van der Waals surface area (Å²) in [6.07, 6.45) is 1.96. The number of hydrogen-bond donors (Lipinski definition) is 0. The number of imide groups is 1. The Labute approximate surface area is 247 Å². The Balaban J connectivity index is 1.21. The number of carbonyl (C=O) groups excluding carboxylic acids is 4. The number of esters is 1. The summed E-state index contributed by atoms with van der Waals surface area (Å²) in [6, 6.07) is 22.5. The van der Waals surface area contributed by atoms with Gasteiger partial charge in [0.1, 0.15) is 0 Å². The van der Waals surface area contributed by atoms with Gasteiger partial charge in [-0.2, -0.15) is 0 Å². The Morgan fingerprint density at radius 3 is 2.36 bits per heavy atom. The molecule has 7 nitrogen and oxygen atoms in total. The molecule has 3 fully saturated rings. The third-order valence-corrected chi connectivity index (χ3v) is 9.26. The van der Waals surface area contributed by atoms with Crippen molar-refractivity contribution in [2.75, 3.05) is 4.90 Å². The first-order valence-corrected chi connectivity index (χ1v) is 14.6. The van der Waals surface area contributed by atoms with Crippen LogP contribution in [0.25, 0.3) is 22.2 Å². The van der Waals surface area contributed by atoms with Crippen molar-refractivity contribution in [3.63, 3.8) is 0 Å². The third kappa shape index (κ3) is 4.31. The summed E-state index contributed by atoms with van der Waals surface area (Å²) in [5.74, 6) is -1.07. The third-order valence-electron chi connectivity index (χ3n) is 9.03. The van der Waals surface area contributed by atoms with Gasteiger partial charge in [-0.15, -0.1) is 0 Å². The summed E-state index contributed by atoms with van der Waals surface area (Å²) in [5, 5.41) is 0.997. The molecule has 1 saturated heterocycles.